The monoisotopic (exact) mass is 418 g/mol. The van der Waals surface area contributed by atoms with Crippen LogP contribution in [0.2, 0.25) is 0 Å². The molecule has 1 heterocycles. The Labute approximate surface area is 140 Å². The first-order valence-electron chi connectivity index (χ1n) is 6.54. The van der Waals surface area contributed by atoms with Crippen LogP contribution < -0.4 is 0 Å². The molecule has 7 heteroatoms. The standard InChI is InChI=1S/C14H16Br2N2O3/c1-21-9-13(19)17-4-6-18(7-5-17)14(20)11-8-10(15)2-3-12(11)16/h2-3,8H,4-7,9H2,1H3. The first-order valence-corrected chi connectivity index (χ1v) is 8.12. The van der Waals surface area contributed by atoms with Crippen molar-refractivity contribution in [3.05, 3.63) is 32.7 Å². The highest BCUT2D eigenvalue weighted by molar-refractivity contribution is 9.11. The summed E-state index contributed by atoms with van der Waals surface area (Å²) in [7, 11) is 1.50. The smallest absolute Gasteiger partial charge is 0.255 e. The van der Waals surface area contributed by atoms with Crippen molar-refractivity contribution in [3.63, 3.8) is 0 Å². The molecule has 1 aliphatic rings. The molecule has 2 amide bonds. The Morgan fingerprint density at radius 1 is 1.14 bits per heavy atom. The second-order valence-electron chi connectivity index (χ2n) is 4.73. The van der Waals surface area contributed by atoms with Crippen LogP contribution in [0.5, 0.6) is 0 Å². The molecule has 5 nitrogen and oxygen atoms in total. The molecular formula is C14H16Br2N2O3. The number of nitrogens with zero attached hydrogens (tertiary/aromatic N) is 2. The van der Waals surface area contributed by atoms with Gasteiger partial charge in [0.25, 0.3) is 5.91 Å². The highest BCUT2D eigenvalue weighted by Crippen LogP contribution is 2.23. The van der Waals surface area contributed by atoms with Crippen LogP contribution in [0.1, 0.15) is 10.4 Å². The van der Waals surface area contributed by atoms with E-state index >= 15 is 0 Å². The summed E-state index contributed by atoms with van der Waals surface area (Å²) in [4.78, 5) is 27.7. The van der Waals surface area contributed by atoms with Crippen LogP contribution in [-0.4, -0.2) is 61.5 Å². The Morgan fingerprint density at radius 2 is 1.76 bits per heavy atom. The Balaban J connectivity index is 2.00. The van der Waals surface area contributed by atoms with Gasteiger partial charge in [0.15, 0.2) is 0 Å². The minimum atomic E-state index is -0.0340. The van der Waals surface area contributed by atoms with E-state index in [1.807, 2.05) is 12.1 Å². The summed E-state index contributed by atoms with van der Waals surface area (Å²) in [6.07, 6.45) is 0. The topological polar surface area (TPSA) is 49.9 Å². The van der Waals surface area contributed by atoms with Crippen molar-refractivity contribution in [1.29, 1.82) is 0 Å². The maximum atomic E-state index is 12.5. The first-order chi connectivity index (χ1) is 10.0. The average molecular weight is 420 g/mol. The second kappa shape index (κ2) is 7.38. The minimum absolute atomic E-state index is 0.0259. The molecule has 0 N–H and O–H groups in total. The van der Waals surface area contributed by atoms with E-state index in [1.54, 1.807) is 15.9 Å². The molecule has 0 aliphatic carbocycles. The minimum Gasteiger partial charge on any atom is -0.375 e. The molecule has 114 valence electrons. The number of halogens is 2. The van der Waals surface area contributed by atoms with Crippen LogP contribution in [0.25, 0.3) is 0 Å². The van der Waals surface area contributed by atoms with Crippen LogP contribution >= 0.6 is 31.9 Å². The van der Waals surface area contributed by atoms with E-state index in [0.29, 0.717) is 31.7 Å². The van der Waals surface area contributed by atoms with E-state index < -0.39 is 0 Å². The van der Waals surface area contributed by atoms with Gasteiger partial charge in [-0.15, -0.1) is 0 Å². The van der Waals surface area contributed by atoms with Gasteiger partial charge in [-0.25, -0.2) is 0 Å². The Morgan fingerprint density at radius 3 is 2.38 bits per heavy atom. The largest absolute Gasteiger partial charge is 0.375 e. The third-order valence-corrected chi connectivity index (χ3v) is 4.53. The molecule has 1 aliphatic heterocycles. The van der Waals surface area contributed by atoms with Gasteiger partial charge >= 0.3 is 0 Å². The van der Waals surface area contributed by atoms with Gasteiger partial charge in [-0.1, -0.05) is 15.9 Å². The number of rotatable bonds is 3. The zero-order chi connectivity index (χ0) is 15.4. The van der Waals surface area contributed by atoms with Crippen molar-refractivity contribution < 1.29 is 14.3 Å². The van der Waals surface area contributed by atoms with Gasteiger partial charge in [0, 0.05) is 42.2 Å². The molecule has 2 rings (SSSR count). The van der Waals surface area contributed by atoms with Crippen LogP contribution in [-0.2, 0) is 9.53 Å². The third kappa shape index (κ3) is 4.05. The number of carbonyl (C=O) groups excluding carboxylic acids is 2. The molecule has 0 spiro atoms. The predicted molar refractivity (Wildman–Crippen MR) is 86.2 cm³/mol. The lowest BCUT2D eigenvalue weighted by molar-refractivity contribution is -0.136. The van der Waals surface area contributed by atoms with Gasteiger partial charge in [-0.2, -0.15) is 0 Å². The highest BCUT2D eigenvalue weighted by atomic mass is 79.9. The van der Waals surface area contributed by atoms with Gasteiger partial charge in [0.05, 0.1) is 5.56 Å². The lowest BCUT2D eigenvalue weighted by Crippen LogP contribution is -2.51. The van der Waals surface area contributed by atoms with E-state index in [0.717, 1.165) is 8.95 Å². The van der Waals surface area contributed by atoms with Crippen molar-refractivity contribution in [3.8, 4) is 0 Å². The first kappa shape index (κ1) is 16.5. The van der Waals surface area contributed by atoms with E-state index in [1.165, 1.54) is 7.11 Å². The molecule has 1 aromatic rings. The van der Waals surface area contributed by atoms with Gasteiger partial charge in [-0.05, 0) is 34.1 Å². The number of carbonyl (C=O) groups is 2. The average Bonchev–Trinajstić information content (AvgIpc) is 2.49. The quantitative estimate of drug-likeness (QED) is 0.754. The SMILES string of the molecule is COCC(=O)N1CCN(C(=O)c2cc(Br)ccc2Br)CC1. The van der Waals surface area contributed by atoms with Crippen molar-refractivity contribution >= 4 is 43.7 Å². The van der Waals surface area contributed by atoms with Crippen LogP contribution in [0, 0.1) is 0 Å². The fourth-order valence-electron chi connectivity index (χ4n) is 2.21. The lowest BCUT2D eigenvalue weighted by atomic mass is 10.2. The Kier molecular flexibility index (Phi) is 5.78. The molecule has 0 aromatic heterocycles. The number of piperazine rings is 1. The Hall–Kier alpha value is -0.920. The number of amides is 2. The number of ether oxygens (including phenoxy) is 1. The molecule has 1 fully saturated rings. The maximum absolute atomic E-state index is 12.5. The van der Waals surface area contributed by atoms with Crippen LogP contribution in [0.3, 0.4) is 0 Å². The number of benzene rings is 1. The summed E-state index contributed by atoms with van der Waals surface area (Å²) in [6.45, 7) is 2.24. The van der Waals surface area contributed by atoms with Gasteiger partial charge in [0.1, 0.15) is 6.61 Å². The van der Waals surface area contributed by atoms with Crippen molar-refractivity contribution in [2.24, 2.45) is 0 Å². The van der Waals surface area contributed by atoms with E-state index in [9.17, 15) is 9.59 Å². The third-order valence-electron chi connectivity index (χ3n) is 3.35. The summed E-state index contributed by atoms with van der Waals surface area (Å²) in [5.74, 6) is -0.0600. The van der Waals surface area contributed by atoms with Crippen molar-refractivity contribution in [2.75, 3.05) is 39.9 Å². The molecule has 1 aromatic carbocycles. The summed E-state index contributed by atoms with van der Waals surface area (Å²) in [5.41, 5.74) is 0.626. The van der Waals surface area contributed by atoms with Crippen molar-refractivity contribution in [1.82, 2.24) is 9.80 Å². The summed E-state index contributed by atoms with van der Waals surface area (Å²) >= 11 is 6.78. The fourth-order valence-corrected chi connectivity index (χ4v) is 2.98. The zero-order valence-corrected chi connectivity index (χ0v) is 14.8. The highest BCUT2D eigenvalue weighted by Gasteiger charge is 2.25. The van der Waals surface area contributed by atoms with E-state index in [-0.39, 0.29) is 18.4 Å². The van der Waals surface area contributed by atoms with Crippen LogP contribution in [0.15, 0.2) is 27.1 Å². The number of hydrogen-bond donors (Lipinski definition) is 0. The second-order valence-corrected chi connectivity index (χ2v) is 6.50. The normalized spacial score (nSPS) is 15.2. The van der Waals surface area contributed by atoms with Gasteiger partial charge < -0.3 is 14.5 Å². The Bertz CT molecular complexity index is 543. The maximum Gasteiger partial charge on any atom is 0.255 e. The lowest BCUT2D eigenvalue weighted by Gasteiger charge is -2.34. The number of methoxy groups -OCH3 is 1. The van der Waals surface area contributed by atoms with Crippen LogP contribution in [0.4, 0.5) is 0 Å². The summed E-state index contributed by atoms with van der Waals surface area (Å²) < 4.78 is 6.48. The molecule has 0 radical (unpaired) electrons. The fraction of sp³-hybridized carbons (Fsp3) is 0.429. The molecule has 21 heavy (non-hydrogen) atoms. The predicted octanol–water partition coefficient (Wildman–Crippen LogP) is 2.14. The molecule has 0 unspecified atom stereocenters. The molecule has 1 saturated heterocycles. The summed E-state index contributed by atoms with van der Waals surface area (Å²) in [6, 6.07) is 5.52. The van der Waals surface area contributed by atoms with Gasteiger partial charge in [0.2, 0.25) is 5.91 Å². The van der Waals surface area contributed by atoms with Crippen molar-refractivity contribution in [2.45, 2.75) is 0 Å². The van der Waals surface area contributed by atoms with Gasteiger partial charge in [-0.3, -0.25) is 9.59 Å². The summed E-state index contributed by atoms with van der Waals surface area (Å²) in [5, 5.41) is 0. The molecule has 0 saturated carbocycles. The van der Waals surface area contributed by atoms with E-state index in [4.69, 9.17) is 4.74 Å². The molecule has 0 atom stereocenters. The zero-order valence-electron chi connectivity index (χ0n) is 11.6. The molecular weight excluding hydrogens is 404 g/mol. The van der Waals surface area contributed by atoms with E-state index in [2.05, 4.69) is 31.9 Å². The molecule has 0 bridgehead atoms. The number of hydrogen-bond acceptors (Lipinski definition) is 3.